The lowest BCUT2D eigenvalue weighted by molar-refractivity contribution is 0.135. The average molecular weight is 469 g/mol. The summed E-state index contributed by atoms with van der Waals surface area (Å²) in [5.74, 6) is 0.389. The molecule has 0 radical (unpaired) electrons. The first-order valence-electron chi connectivity index (χ1n) is 13.3. The Morgan fingerprint density at radius 1 is 0.618 bits per heavy atom. The molecule has 34 heavy (non-hydrogen) atoms. The molecule has 4 unspecified atom stereocenters. The van der Waals surface area contributed by atoms with Crippen LogP contribution in [0.5, 0.6) is 0 Å². The first-order valence-corrected chi connectivity index (χ1v) is 13.3. The zero-order chi connectivity index (χ0) is 25.0. The van der Waals surface area contributed by atoms with Gasteiger partial charge in [-0.15, -0.1) is 0 Å². The molecule has 3 N–H and O–H groups in total. The summed E-state index contributed by atoms with van der Waals surface area (Å²) in [6, 6.07) is 21.1. The molecule has 3 nitrogen and oxygen atoms in total. The van der Waals surface area contributed by atoms with E-state index < -0.39 is 0 Å². The SMILES string of the molecule is CC(CO)C(C)(CCCCC(O)CCCCC(C)(c1ccccc1)C(C)CO)c1ccccc1. The maximum absolute atomic E-state index is 10.6. The molecule has 2 aromatic carbocycles. The number of benzene rings is 2. The average Bonchev–Trinajstić information content (AvgIpc) is 2.88. The van der Waals surface area contributed by atoms with E-state index in [0.29, 0.717) is 0 Å². The van der Waals surface area contributed by atoms with Crippen LogP contribution in [0.15, 0.2) is 60.7 Å². The molecule has 2 aromatic rings. The molecule has 0 bridgehead atoms. The van der Waals surface area contributed by atoms with Crippen molar-refractivity contribution in [3.05, 3.63) is 71.8 Å². The number of hydrogen-bond acceptors (Lipinski definition) is 3. The van der Waals surface area contributed by atoms with E-state index in [-0.39, 0.29) is 42.0 Å². The predicted molar refractivity (Wildman–Crippen MR) is 143 cm³/mol. The van der Waals surface area contributed by atoms with Crippen LogP contribution in [0.4, 0.5) is 0 Å². The number of aliphatic hydroxyl groups is 3. The molecule has 0 fully saturated rings. The normalized spacial score (nSPS) is 18.0. The lowest BCUT2D eigenvalue weighted by Gasteiger charge is -2.36. The van der Waals surface area contributed by atoms with Crippen LogP contribution >= 0.6 is 0 Å². The van der Waals surface area contributed by atoms with E-state index in [9.17, 15) is 15.3 Å². The number of unbranched alkanes of at least 4 members (excludes halogenated alkanes) is 2. The van der Waals surface area contributed by atoms with E-state index in [0.717, 1.165) is 51.4 Å². The molecule has 4 atom stereocenters. The van der Waals surface area contributed by atoms with Gasteiger partial charge in [-0.2, -0.15) is 0 Å². The summed E-state index contributed by atoms with van der Waals surface area (Å²) in [5.41, 5.74) is 2.48. The highest BCUT2D eigenvalue weighted by atomic mass is 16.3. The van der Waals surface area contributed by atoms with Gasteiger partial charge < -0.3 is 15.3 Å². The Labute approximate surface area is 208 Å². The molecule has 2 rings (SSSR count). The van der Waals surface area contributed by atoms with Crippen molar-refractivity contribution in [1.82, 2.24) is 0 Å². The van der Waals surface area contributed by atoms with E-state index in [1.165, 1.54) is 11.1 Å². The molecule has 0 heterocycles. The summed E-state index contributed by atoms with van der Waals surface area (Å²) < 4.78 is 0. The van der Waals surface area contributed by atoms with Crippen LogP contribution in [-0.4, -0.2) is 34.6 Å². The van der Waals surface area contributed by atoms with Crippen LogP contribution in [0, 0.1) is 11.8 Å². The Morgan fingerprint density at radius 2 is 0.971 bits per heavy atom. The number of aliphatic hydroxyl groups excluding tert-OH is 3. The molecular weight excluding hydrogens is 420 g/mol. The highest BCUT2D eigenvalue weighted by Gasteiger charge is 2.33. The maximum Gasteiger partial charge on any atom is 0.0540 e. The van der Waals surface area contributed by atoms with Crippen molar-refractivity contribution in [2.24, 2.45) is 11.8 Å². The van der Waals surface area contributed by atoms with Crippen molar-refractivity contribution in [1.29, 1.82) is 0 Å². The van der Waals surface area contributed by atoms with Gasteiger partial charge in [-0.25, -0.2) is 0 Å². The van der Waals surface area contributed by atoms with Gasteiger partial charge in [0.2, 0.25) is 0 Å². The highest BCUT2D eigenvalue weighted by Crippen LogP contribution is 2.38. The summed E-state index contributed by atoms with van der Waals surface area (Å²) in [7, 11) is 0. The monoisotopic (exact) mass is 468 g/mol. The van der Waals surface area contributed by atoms with E-state index in [1.807, 2.05) is 12.1 Å². The molecule has 0 aromatic heterocycles. The smallest absolute Gasteiger partial charge is 0.0540 e. The van der Waals surface area contributed by atoms with Crippen molar-refractivity contribution in [2.45, 2.75) is 96.0 Å². The van der Waals surface area contributed by atoms with Gasteiger partial charge in [0, 0.05) is 13.2 Å². The second-order valence-corrected chi connectivity index (χ2v) is 10.9. The highest BCUT2D eigenvalue weighted by molar-refractivity contribution is 5.26. The van der Waals surface area contributed by atoms with Crippen LogP contribution < -0.4 is 0 Å². The van der Waals surface area contributed by atoms with Crippen molar-refractivity contribution in [3.63, 3.8) is 0 Å². The van der Waals surface area contributed by atoms with Gasteiger partial charge in [-0.3, -0.25) is 0 Å². The molecule has 190 valence electrons. The molecule has 0 aliphatic heterocycles. The van der Waals surface area contributed by atoms with Gasteiger partial charge in [0.1, 0.15) is 0 Å². The summed E-state index contributed by atoms with van der Waals surface area (Å²) in [6.07, 6.45) is 7.55. The minimum Gasteiger partial charge on any atom is -0.396 e. The largest absolute Gasteiger partial charge is 0.396 e. The van der Waals surface area contributed by atoms with Crippen LogP contribution in [0.1, 0.15) is 90.2 Å². The van der Waals surface area contributed by atoms with E-state index in [2.05, 4.69) is 76.2 Å². The summed E-state index contributed by atoms with van der Waals surface area (Å²) in [6.45, 7) is 9.15. The third kappa shape index (κ3) is 7.66. The second-order valence-electron chi connectivity index (χ2n) is 10.9. The van der Waals surface area contributed by atoms with Crippen LogP contribution in [-0.2, 0) is 10.8 Å². The van der Waals surface area contributed by atoms with Crippen LogP contribution in [0.3, 0.4) is 0 Å². The molecule has 0 aliphatic rings. The van der Waals surface area contributed by atoms with Crippen molar-refractivity contribution in [2.75, 3.05) is 13.2 Å². The fourth-order valence-electron chi connectivity index (χ4n) is 5.28. The molecule has 0 amide bonds. The Morgan fingerprint density at radius 3 is 1.29 bits per heavy atom. The van der Waals surface area contributed by atoms with E-state index in [1.54, 1.807) is 0 Å². The van der Waals surface area contributed by atoms with Gasteiger partial charge in [0.25, 0.3) is 0 Å². The molecular formula is C31H48O3. The Kier molecular flexibility index (Phi) is 11.8. The van der Waals surface area contributed by atoms with Gasteiger partial charge in [0.15, 0.2) is 0 Å². The molecule has 0 spiro atoms. The second kappa shape index (κ2) is 14.0. The topological polar surface area (TPSA) is 60.7 Å². The first kappa shape index (κ1) is 28.6. The maximum atomic E-state index is 10.6. The standard InChI is InChI=1S/C31H48O3/c1-25(23-32)30(3,27-15-7-5-8-16-27)21-13-11-19-29(34)20-12-14-22-31(4,26(2)24-33)28-17-9-6-10-18-28/h5-10,15-18,25-26,29,32-34H,11-14,19-24H2,1-4H3. The summed E-state index contributed by atoms with van der Waals surface area (Å²) in [5, 5.41) is 30.2. The molecule has 0 saturated carbocycles. The molecule has 0 saturated heterocycles. The van der Waals surface area contributed by atoms with Gasteiger partial charge in [0.05, 0.1) is 6.10 Å². The van der Waals surface area contributed by atoms with E-state index >= 15 is 0 Å². The fraction of sp³-hybridized carbons (Fsp3) is 0.613. The third-order valence-electron chi connectivity index (χ3n) is 8.56. The molecule has 0 aliphatic carbocycles. The summed E-state index contributed by atoms with van der Waals surface area (Å²) >= 11 is 0. The van der Waals surface area contributed by atoms with Crippen molar-refractivity contribution < 1.29 is 15.3 Å². The zero-order valence-electron chi connectivity index (χ0n) is 21.9. The van der Waals surface area contributed by atoms with Crippen LogP contribution in [0.25, 0.3) is 0 Å². The predicted octanol–water partition coefficient (Wildman–Crippen LogP) is 6.64. The minimum absolute atomic E-state index is 0.0493. The zero-order valence-corrected chi connectivity index (χ0v) is 21.9. The van der Waals surface area contributed by atoms with Gasteiger partial charge >= 0.3 is 0 Å². The number of hydrogen-bond donors (Lipinski definition) is 3. The molecule has 3 heteroatoms. The van der Waals surface area contributed by atoms with Crippen molar-refractivity contribution in [3.8, 4) is 0 Å². The van der Waals surface area contributed by atoms with E-state index in [4.69, 9.17) is 0 Å². The Balaban J connectivity index is 1.77. The van der Waals surface area contributed by atoms with Crippen LogP contribution in [0.2, 0.25) is 0 Å². The lowest BCUT2D eigenvalue weighted by atomic mass is 9.69. The quantitative estimate of drug-likeness (QED) is 0.242. The first-order chi connectivity index (χ1) is 16.3. The minimum atomic E-state index is -0.253. The Bertz CT molecular complexity index is 725. The van der Waals surface area contributed by atoms with Gasteiger partial charge in [-0.1, -0.05) is 114 Å². The summed E-state index contributed by atoms with van der Waals surface area (Å²) in [4.78, 5) is 0. The lowest BCUT2D eigenvalue weighted by Crippen LogP contribution is -2.32. The van der Waals surface area contributed by atoms with Crippen molar-refractivity contribution >= 4 is 0 Å². The fourth-order valence-corrected chi connectivity index (χ4v) is 5.28. The number of rotatable bonds is 16. The Hall–Kier alpha value is -1.68. The van der Waals surface area contributed by atoms with Gasteiger partial charge in [-0.05, 0) is 59.5 Å². The third-order valence-corrected chi connectivity index (χ3v) is 8.56.